The van der Waals surface area contributed by atoms with Crippen molar-refractivity contribution >= 4 is 44.9 Å². The summed E-state index contributed by atoms with van der Waals surface area (Å²) in [5.41, 5.74) is 3.80. The van der Waals surface area contributed by atoms with Crippen molar-refractivity contribution in [3.8, 4) is 5.75 Å². The minimum Gasteiger partial charge on any atom is -0.491 e. The second kappa shape index (κ2) is 12.0. The molecule has 0 radical (unpaired) electrons. The number of hydrogen-bond donors (Lipinski definition) is 4. The summed E-state index contributed by atoms with van der Waals surface area (Å²) in [6.45, 7) is 9.21. The van der Waals surface area contributed by atoms with Crippen LogP contribution in [-0.4, -0.2) is 53.6 Å². The van der Waals surface area contributed by atoms with Crippen LogP contribution in [-0.2, 0) is 15.1 Å². The third kappa shape index (κ3) is 7.50. The van der Waals surface area contributed by atoms with Gasteiger partial charge in [0.2, 0.25) is 0 Å². The van der Waals surface area contributed by atoms with E-state index >= 15 is 0 Å². The smallest absolute Gasteiger partial charge is 0.359 e. The standard InChI is InChI=1S/C24H31N7O6S/c1-7-36-30-24(32)18-13-25-22(29-23-10-15(4)26-16(5)27-23)12-20(18)28-19-9-8-17(37-14(2)3)11-21(19)31(6)38(33,34)35/h8-14H,7H2,1-6H3,(H,30,32)(H,33,34,35)(H2,25,26,27,28,29). The Labute approximate surface area is 221 Å². The maximum Gasteiger partial charge on any atom is 0.359 e. The lowest BCUT2D eigenvalue weighted by Gasteiger charge is -2.22. The zero-order valence-electron chi connectivity index (χ0n) is 21.9. The van der Waals surface area contributed by atoms with Gasteiger partial charge in [-0.25, -0.2) is 24.7 Å². The molecule has 0 saturated heterocycles. The van der Waals surface area contributed by atoms with E-state index in [-0.39, 0.29) is 35.3 Å². The van der Waals surface area contributed by atoms with Crippen molar-refractivity contribution < 1.29 is 27.3 Å². The number of aryl methyl sites for hydroxylation is 2. The lowest BCUT2D eigenvalue weighted by Crippen LogP contribution is -2.27. The Morgan fingerprint density at radius 2 is 1.82 bits per heavy atom. The van der Waals surface area contributed by atoms with E-state index in [0.717, 1.165) is 5.69 Å². The molecular formula is C24H31N7O6S. The highest BCUT2D eigenvalue weighted by Gasteiger charge is 2.21. The zero-order chi connectivity index (χ0) is 28.0. The molecule has 0 atom stereocenters. The van der Waals surface area contributed by atoms with Crippen LogP contribution in [0.4, 0.5) is 28.7 Å². The molecule has 2 heterocycles. The van der Waals surface area contributed by atoms with Gasteiger partial charge in [0.25, 0.3) is 5.91 Å². The van der Waals surface area contributed by atoms with Crippen molar-refractivity contribution in [3.05, 3.63) is 53.6 Å². The van der Waals surface area contributed by atoms with Crippen molar-refractivity contribution in [2.24, 2.45) is 0 Å². The highest BCUT2D eigenvalue weighted by Crippen LogP contribution is 2.35. The zero-order valence-corrected chi connectivity index (χ0v) is 22.8. The summed E-state index contributed by atoms with van der Waals surface area (Å²) >= 11 is 0. The highest BCUT2D eigenvalue weighted by molar-refractivity contribution is 7.87. The summed E-state index contributed by atoms with van der Waals surface area (Å²) in [7, 11) is -3.42. The van der Waals surface area contributed by atoms with Crippen LogP contribution in [0.15, 0.2) is 36.5 Å². The number of benzene rings is 1. The van der Waals surface area contributed by atoms with Gasteiger partial charge < -0.3 is 15.4 Å². The Morgan fingerprint density at radius 1 is 1.08 bits per heavy atom. The molecule has 204 valence electrons. The first kappa shape index (κ1) is 28.6. The molecule has 4 N–H and O–H groups in total. The SMILES string of the molecule is CCONC(=O)c1cnc(Nc2cc(C)nc(C)n2)cc1Nc1ccc(OC(C)C)cc1N(C)S(=O)(=O)O. The number of hydrogen-bond acceptors (Lipinski definition) is 10. The molecule has 2 aromatic heterocycles. The Morgan fingerprint density at radius 3 is 2.45 bits per heavy atom. The number of nitrogens with zero attached hydrogens (tertiary/aromatic N) is 4. The lowest BCUT2D eigenvalue weighted by molar-refractivity contribution is 0.0365. The van der Waals surface area contributed by atoms with Gasteiger partial charge in [0.05, 0.1) is 35.3 Å². The fourth-order valence-electron chi connectivity index (χ4n) is 3.41. The summed E-state index contributed by atoms with van der Waals surface area (Å²) in [6, 6.07) is 7.97. The van der Waals surface area contributed by atoms with Gasteiger partial charge in [-0.2, -0.15) is 8.42 Å². The molecule has 0 bridgehead atoms. The van der Waals surface area contributed by atoms with Crippen LogP contribution in [0.3, 0.4) is 0 Å². The Hall–Kier alpha value is -4.01. The van der Waals surface area contributed by atoms with Crippen LogP contribution in [0.25, 0.3) is 0 Å². The molecule has 0 fully saturated rings. The maximum absolute atomic E-state index is 12.8. The monoisotopic (exact) mass is 545 g/mol. The van der Waals surface area contributed by atoms with Crippen LogP contribution in [0, 0.1) is 13.8 Å². The van der Waals surface area contributed by atoms with Gasteiger partial charge in [-0.15, -0.1) is 0 Å². The van der Waals surface area contributed by atoms with Crippen molar-refractivity contribution in [2.45, 2.75) is 40.7 Å². The van der Waals surface area contributed by atoms with Crippen LogP contribution in [0.1, 0.15) is 42.6 Å². The molecule has 3 rings (SSSR count). The second-order valence-corrected chi connectivity index (χ2v) is 9.91. The first-order chi connectivity index (χ1) is 17.9. The van der Waals surface area contributed by atoms with Crippen molar-refractivity contribution in [1.82, 2.24) is 20.4 Å². The summed E-state index contributed by atoms with van der Waals surface area (Å²) in [4.78, 5) is 30.8. The van der Waals surface area contributed by atoms with Gasteiger partial charge in [0.1, 0.15) is 23.2 Å². The minimum absolute atomic E-state index is 0.0789. The van der Waals surface area contributed by atoms with Gasteiger partial charge in [-0.3, -0.25) is 14.2 Å². The minimum atomic E-state index is -4.61. The lowest BCUT2D eigenvalue weighted by atomic mass is 10.2. The molecule has 0 spiro atoms. The van der Waals surface area contributed by atoms with Crippen LogP contribution in [0.2, 0.25) is 0 Å². The quantitative estimate of drug-likeness (QED) is 0.205. The number of carbonyl (C=O) groups excluding carboxylic acids is 1. The molecule has 0 aliphatic carbocycles. The summed E-state index contributed by atoms with van der Waals surface area (Å²) in [5, 5.41) is 6.16. The maximum atomic E-state index is 12.8. The Kier molecular flexibility index (Phi) is 9.04. The normalized spacial score (nSPS) is 11.3. The van der Waals surface area contributed by atoms with Crippen LogP contribution >= 0.6 is 0 Å². The van der Waals surface area contributed by atoms with E-state index < -0.39 is 16.2 Å². The molecule has 3 aromatic rings. The fourth-order valence-corrected chi connectivity index (χ4v) is 3.81. The van der Waals surface area contributed by atoms with Gasteiger partial charge >= 0.3 is 10.3 Å². The average molecular weight is 546 g/mol. The summed E-state index contributed by atoms with van der Waals surface area (Å²) in [6.07, 6.45) is 1.16. The van der Waals surface area contributed by atoms with Gasteiger partial charge in [0.15, 0.2) is 0 Å². The number of aromatic nitrogens is 3. The summed E-state index contributed by atoms with van der Waals surface area (Å²) < 4.78 is 40.0. The third-order valence-electron chi connectivity index (χ3n) is 4.98. The van der Waals surface area contributed by atoms with E-state index in [9.17, 15) is 17.8 Å². The number of anilines is 5. The van der Waals surface area contributed by atoms with E-state index in [2.05, 4.69) is 31.1 Å². The average Bonchev–Trinajstić information content (AvgIpc) is 2.81. The Bertz CT molecular complexity index is 1400. The molecule has 13 nitrogen and oxygen atoms in total. The first-order valence-corrected chi connectivity index (χ1v) is 13.1. The van der Waals surface area contributed by atoms with E-state index in [4.69, 9.17) is 9.57 Å². The predicted octanol–water partition coefficient (Wildman–Crippen LogP) is 3.68. The number of amides is 1. The topological polar surface area (TPSA) is 168 Å². The fraction of sp³-hybridized carbons (Fsp3) is 0.333. The Balaban J connectivity index is 2.08. The molecule has 1 amide bonds. The number of hydroxylamine groups is 1. The number of nitrogens with one attached hydrogen (secondary N) is 3. The molecular weight excluding hydrogens is 514 g/mol. The van der Waals surface area contributed by atoms with Crippen LogP contribution < -0.4 is 25.2 Å². The van der Waals surface area contributed by atoms with Crippen molar-refractivity contribution in [1.29, 1.82) is 0 Å². The van der Waals surface area contributed by atoms with E-state index in [1.807, 2.05) is 20.8 Å². The van der Waals surface area contributed by atoms with Gasteiger partial charge in [0, 0.05) is 37.1 Å². The number of rotatable bonds is 11. The molecule has 38 heavy (non-hydrogen) atoms. The van der Waals surface area contributed by atoms with Crippen molar-refractivity contribution in [2.75, 3.05) is 28.6 Å². The third-order valence-corrected chi connectivity index (χ3v) is 5.86. The van der Waals surface area contributed by atoms with Gasteiger partial charge in [-0.05, 0) is 46.8 Å². The number of carbonyl (C=O) groups is 1. The molecule has 0 saturated carbocycles. The van der Waals surface area contributed by atoms with Gasteiger partial charge in [-0.1, -0.05) is 0 Å². The van der Waals surface area contributed by atoms with Crippen molar-refractivity contribution in [3.63, 3.8) is 0 Å². The highest BCUT2D eigenvalue weighted by atomic mass is 32.2. The largest absolute Gasteiger partial charge is 0.491 e. The van der Waals surface area contributed by atoms with E-state index in [1.54, 1.807) is 38.1 Å². The number of pyridine rings is 1. The van der Waals surface area contributed by atoms with Crippen LogP contribution in [0.5, 0.6) is 5.75 Å². The molecule has 14 heteroatoms. The van der Waals surface area contributed by atoms with E-state index in [1.165, 1.54) is 19.3 Å². The molecule has 0 aliphatic rings. The molecule has 0 aliphatic heterocycles. The molecule has 1 aromatic carbocycles. The second-order valence-electron chi connectivity index (χ2n) is 8.46. The molecule has 0 unspecified atom stereocenters. The summed E-state index contributed by atoms with van der Waals surface area (Å²) in [5.74, 6) is 1.23. The predicted molar refractivity (Wildman–Crippen MR) is 144 cm³/mol. The first-order valence-electron chi connectivity index (χ1n) is 11.7. The number of ether oxygens (including phenoxy) is 1. The van der Waals surface area contributed by atoms with E-state index in [0.29, 0.717) is 27.5 Å².